The van der Waals surface area contributed by atoms with Crippen LogP contribution >= 0.6 is 0 Å². The van der Waals surface area contributed by atoms with Crippen LogP contribution in [0.5, 0.6) is 0 Å². The van der Waals surface area contributed by atoms with E-state index < -0.39 is 14.1 Å². The summed E-state index contributed by atoms with van der Waals surface area (Å²) >= 11 is 0. The summed E-state index contributed by atoms with van der Waals surface area (Å²) in [5, 5.41) is 0. The van der Waals surface area contributed by atoms with E-state index in [0.717, 1.165) is 44.3 Å². The minimum atomic E-state index is -1.62. The van der Waals surface area contributed by atoms with Crippen LogP contribution in [0.3, 0.4) is 0 Å². The highest BCUT2D eigenvalue weighted by molar-refractivity contribution is 6.73. The van der Waals surface area contributed by atoms with E-state index in [-0.39, 0.29) is 22.5 Å². The zero-order chi connectivity index (χ0) is 25.4. The van der Waals surface area contributed by atoms with Crippen molar-refractivity contribution in [3.8, 4) is 0 Å². The van der Waals surface area contributed by atoms with Crippen LogP contribution in [0, 0.1) is 16.7 Å². The van der Waals surface area contributed by atoms with E-state index >= 15 is 0 Å². The first kappa shape index (κ1) is 28.0. The van der Waals surface area contributed by atoms with E-state index in [1.54, 1.807) is 7.11 Å². The van der Waals surface area contributed by atoms with Crippen LogP contribution in [0.15, 0.2) is 23.5 Å². The molecule has 5 atom stereocenters. The second-order valence-electron chi connectivity index (χ2n) is 12.3. The quantitative estimate of drug-likeness (QED) is 0.193. The fourth-order valence-electron chi connectivity index (χ4n) is 7.59. The van der Waals surface area contributed by atoms with Crippen LogP contribution in [0.1, 0.15) is 93.9 Å². The molecule has 0 N–H and O–H groups in total. The van der Waals surface area contributed by atoms with E-state index in [1.807, 2.05) is 7.11 Å². The van der Waals surface area contributed by atoms with Crippen molar-refractivity contribution in [3.63, 3.8) is 0 Å². The predicted octanol–water partition coefficient (Wildman–Crippen LogP) is 8.00. The zero-order valence-corrected chi connectivity index (χ0v) is 24.8. The topological polar surface area (TPSA) is 36.9 Å². The third-order valence-electron chi connectivity index (χ3n) is 9.82. The van der Waals surface area contributed by atoms with Crippen LogP contribution in [0.4, 0.5) is 0 Å². The molecule has 1 aliphatic carbocycles. The average Bonchev–Trinajstić information content (AvgIpc) is 3.28. The van der Waals surface area contributed by atoms with Gasteiger partial charge >= 0.3 is 0 Å². The Morgan fingerprint density at radius 3 is 2.35 bits per heavy atom. The second kappa shape index (κ2) is 10.0. The highest BCUT2D eigenvalue weighted by atomic mass is 28.4. The number of fused-ring (bicyclic) bond motifs is 1. The van der Waals surface area contributed by atoms with Gasteiger partial charge in [0, 0.05) is 18.4 Å². The molecule has 5 unspecified atom stereocenters. The molecule has 2 bridgehead atoms. The Morgan fingerprint density at radius 1 is 1.18 bits per heavy atom. The number of allylic oxidation sites excluding steroid dienone is 3. The van der Waals surface area contributed by atoms with E-state index in [0.29, 0.717) is 5.92 Å². The normalized spacial score (nSPS) is 34.8. The van der Waals surface area contributed by atoms with Crippen molar-refractivity contribution < 1.29 is 18.6 Å². The van der Waals surface area contributed by atoms with Crippen LogP contribution in [-0.2, 0) is 18.6 Å². The Balaban J connectivity index is 1.79. The highest BCUT2D eigenvalue weighted by Crippen LogP contribution is 2.73. The van der Waals surface area contributed by atoms with Crippen molar-refractivity contribution in [3.05, 3.63) is 23.5 Å². The summed E-state index contributed by atoms with van der Waals surface area (Å²) in [4.78, 5) is 0. The lowest BCUT2D eigenvalue weighted by Crippen LogP contribution is -2.59. The van der Waals surface area contributed by atoms with Gasteiger partial charge in [0.1, 0.15) is 5.76 Å². The van der Waals surface area contributed by atoms with E-state index in [1.165, 1.54) is 23.7 Å². The molecule has 2 saturated heterocycles. The van der Waals surface area contributed by atoms with E-state index in [9.17, 15) is 0 Å². The number of methoxy groups -OCH3 is 2. The van der Waals surface area contributed by atoms with Gasteiger partial charge in [-0.2, -0.15) is 0 Å². The van der Waals surface area contributed by atoms with Crippen LogP contribution in [-0.4, -0.2) is 40.0 Å². The zero-order valence-electron chi connectivity index (χ0n) is 23.8. The molecule has 34 heavy (non-hydrogen) atoms. The average molecular weight is 493 g/mol. The lowest BCUT2D eigenvalue weighted by Gasteiger charge is -2.55. The van der Waals surface area contributed by atoms with Gasteiger partial charge in [0.25, 0.3) is 0 Å². The lowest BCUT2D eigenvalue weighted by molar-refractivity contribution is -0.261. The maximum absolute atomic E-state index is 6.90. The first-order chi connectivity index (χ1) is 15.9. The predicted molar refractivity (Wildman–Crippen MR) is 143 cm³/mol. The summed E-state index contributed by atoms with van der Waals surface area (Å²) in [5.41, 5.74) is 1.14. The molecule has 3 aliphatic rings. The molecule has 0 saturated carbocycles. The van der Waals surface area contributed by atoms with Gasteiger partial charge in [-0.1, -0.05) is 39.3 Å². The maximum Gasteiger partial charge on any atom is 0.192 e. The molecule has 0 aromatic rings. The van der Waals surface area contributed by atoms with Crippen molar-refractivity contribution in [1.29, 1.82) is 0 Å². The first-order valence-corrected chi connectivity index (χ1v) is 16.3. The Labute approximate surface area is 211 Å². The molecule has 5 heteroatoms. The first-order valence-electron chi connectivity index (χ1n) is 13.7. The summed E-state index contributed by atoms with van der Waals surface area (Å²) in [7, 11) is 2.03. The van der Waals surface area contributed by atoms with Crippen LogP contribution in [0.25, 0.3) is 0 Å². The molecule has 196 valence electrons. The molecule has 3 rings (SSSR count). The van der Waals surface area contributed by atoms with Crippen LogP contribution in [0.2, 0.25) is 18.1 Å². The van der Waals surface area contributed by atoms with Crippen LogP contribution < -0.4 is 0 Å². The summed E-state index contributed by atoms with van der Waals surface area (Å²) in [6, 6.07) is 3.62. The minimum absolute atomic E-state index is 0.0646. The van der Waals surface area contributed by atoms with Crippen molar-refractivity contribution in [2.75, 3.05) is 14.2 Å². The smallest absolute Gasteiger partial charge is 0.192 e. The molecule has 2 heterocycles. The van der Waals surface area contributed by atoms with Gasteiger partial charge in [-0.05, 0) is 90.4 Å². The lowest BCUT2D eigenvalue weighted by atomic mass is 9.51. The maximum atomic E-state index is 6.90. The largest absolute Gasteiger partial charge is 0.501 e. The molecule has 4 nitrogen and oxygen atoms in total. The van der Waals surface area contributed by atoms with Gasteiger partial charge in [-0.3, -0.25) is 0 Å². The summed E-state index contributed by atoms with van der Waals surface area (Å²) in [6.07, 6.45) is 11.1. The van der Waals surface area contributed by atoms with Gasteiger partial charge in [-0.15, -0.1) is 0 Å². The number of ether oxygens (including phenoxy) is 3. The minimum Gasteiger partial charge on any atom is -0.501 e. The van der Waals surface area contributed by atoms with Gasteiger partial charge < -0.3 is 18.6 Å². The monoisotopic (exact) mass is 492 g/mol. The summed E-state index contributed by atoms with van der Waals surface area (Å²) < 4.78 is 26.1. The Hall–Kier alpha value is -0.623. The number of hydrogen-bond donors (Lipinski definition) is 0. The third-order valence-corrected chi connectivity index (χ3v) is 14.7. The van der Waals surface area contributed by atoms with Crippen molar-refractivity contribution in [2.24, 2.45) is 16.7 Å². The summed E-state index contributed by atoms with van der Waals surface area (Å²) in [6.45, 7) is 18.4. The molecular weight excluding hydrogens is 440 g/mol. The Bertz CT molecular complexity index is 773. The molecule has 2 aliphatic heterocycles. The van der Waals surface area contributed by atoms with Crippen molar-refractivity contribution in [1.82, 2.24) is 0 Å². The SMILES string of the molecule is CC[Si](CC)(CC)OC(C)(C)CCCC1(C)C2CC3(CC=C(C)C)C(OC)=CCC1C3(OC)O2. The molecule has 0 aromatic carbocycles. The molecule has 0 spiro atoms. The molecular formula is C29H52O4Si. The van der Waals surface area contributed by atoms with Gasteiger partial charge in [0.2, 0.25) is 0 Å². The Kier molecular flexibility index (Phi) is 8.25. The molecule has 0 radical (unpaired) electrons. The molecule has 0 aromatic heterocycles. The van der Waals surface area contributed by atoms with Gasteiger partial charge in [-0.25, -0.2) is 0 Å². The number of hydrogen-bond acceptors (Lipinski definition) is 4. The number of rotatable bonds is 13. The van der Waals surface area contributed by atoms with Crippen molar-refractivity contribution >= 4 is 8.32 Å². The van der Waals surface area contributed by atoms with E-state index in [4.69, 9.17) is 18.6 Å². The molecule has 0 amide bonds. The third kappa shape index (κ3) is 4.37. The molecule has 2 fully saturated rings. The Morgan fingerprint density at radius 2 is 1.82 bits per heavy atom. The fourth-order valence-corrected chi connectivity index (χ4v) is 10.8. The highest BCUT2D eigenvalue weighted by Gasteiger charge is 2.77. The van der Waals surface area contributed by atoms with Gasteiger partial charge in [0.15, 0.2) is 14.1 Å². The van der Waals surface area contributed by atoms with E-state index in [2.05, 4.69) is 67.5 Å². The summed E-state index contributed by atoms with van der Waals surface area (Å²) in [5.74, 6) is 0.800. The fraction of sp³-hybridized carbons (Fsp3) is 0.862. The second-order valence-corrected chi connectivity index (χ2v) is 17.0. The van der Waals surface area contributed by atoms with Crippen molar-refractivity contribution in [2.45, 2.75) is 130 Å². The standard InChI is InChI=1S/C29H52O4Si/c1-11-34(12-2,13-3)33-26(6,7)18-14-19-27(8)23-15-16-24(30-9)28(20-17-22(4)5)21-25(27)32-29(23,28)31-10/h16-17,23,25H,11-15,18-21H2,1-10H3. The van der Waals surface area contributed by atoms with Gasteiger partial charge in [0.05, 0.1) is 24.2 Å².